The third-order valence-electron chi connectivity index (χ3n) is 1.93. The van der Waals surface area contributed by atoms with E-state index in [0.717, 1.165) is 11.1 Å². The summed E-state index contributed by atoms with van der Waals surface area (Å²) in [7, 11) is 1.56. The molecule has 3 heteroatoms. The van der Waals surface area contributed by atoms with Crippen LogP contribution in [-0.2, 0) is 4.79 Å². The van der Waals surface area contributed by atoms with Gasteiger partial charge in [0.2, 0.25) is 6.41 Å². The van der Waals surface area contributed by atoms with Crippen LogP contribution in [0.25, 0.3) is 0 Å². The summed E-state index contributed by atoms with van der Waals surface area (Å²) in [6.07, 6.45) is 0.625. The summed E-state index contributed by atoms with van der Waals surface area (Å²) < 4.78 is 0. The van der Waals surface area contributed by atoms with Crippen molar-refractivity contribution in [2.24, 2.45) is 0 Å². The van der Waals surface area contributed by atoms with Crippen molar-refractivity contribution < 1.29 is 9.90 Å². The normalized spacial score (nSPS) is 8.57. The molecule has 14 heavy (non-hydrogen) atoms. The summed E-state index contributed by atoms with van der Waals surface area (Å²) in [6.45, 7) is 5.94. The Morgan fingerprint density at radius 3 is 1.93 bits per heavy atom. The fourth-order valence-corrected chi connectivity index (χ4v) is 0.945. The number of benzene rings is 1. The van der Waals surface area contributed by atoms with Gasteiger partial charge in [0.15, 0.2) is 0 Å². The lowest BCUT2D eigenvalue weighted by atomic mass is 10.1. The number of phenolic OH excluding ortho intramolecular Hbond substituents is 1. The van der Waals surface area contributed by atoms with E-state index in [1.165, 1.54) is 5.56 Å². The Hall–Kier alpha value is -1.51. The van der Waals surface area contributed by atoms with Crippen LogP contribution in [0.5, 0.6) is 5.75 Å². The second-order valence-corrected chi connectivity index (χ2v) is 3.13. The fourth-order valence-electron chi connectivity index (χ4n) is 0.945. The van der Waals surface area contributed by atoms with Crippen molar-refractivity contribution in [3.63, 3.8) is 0 Å². The van der Waals surface area contributed by atoms with Gasteiger partial charge in [-0.1, -0.05) is 6.07 Å². The van der Waals surface area contributed by atoms with Crippen molar-refractivity contribution in [3.05, 3.63) is 28.8 Å². The first-order valence-corrected chi connectivity index (χ1v) is 4.40. The topological polar surface area (TPSA) is 49.3 Å². The molecule has 0 heterocycles. The molecular weight excluding hydrogens is 178 g/mol. The molecule has 1 aromatic carbocycles. The molecule has 0 atom stereocenters. The molecule has 3 nitrogen and oxygen atoms in total. The molecule has 0 aromatic heterocycles. The summed E-state index contributed by atoms with van der Waals surface area (Å²) in [5, 5.41) is 11.5. The van der Waals surface area contributed by atoms with Crippen molar-refractivity contribution in [1.29, 1.82) is 0 Å². The van der Waals surface area contributed by atoms with Crippen LogP contribution in [0, 0.1) is 20.8 Å². The first kappa shape index (κ1) is 12.5. The SMILES string of the molecule is CNC=O.Cc1cc(C)c(O)cc1C. The van der Waals surface area contributed by atoms with Crippen LogP contribution in [-0.4, -0.2) is 18.6 Å². The van der Waals surface area contributed by atoms with E-state index in [-0.39, 0.29) is 0 Å². The number of amides is 1. The molecule has 1 rings (SSSR count). The lowest BCUT2D eigenvalue weighted by Gasteiger charge is -2.02. The first-order valence-electron chi connectivity index (χ1n) is 4.40. The summed E-state index contributed by atoms with van der Waals surface area (Å²) in [6, 6.07) is 3.79. The number of carbonyl (C=O) groups excluding carboxylic acids is 1. The second-order valence-electron chi connectivity index (χ2n) is 3.13. The Morgan fingerprint density at radius 2 is 1.57 bits per heavy atom. The molecular formula is C11H17NO2. The Bertz CT molecular complexity index is 258. The van der Waals surface area contributed by atoms with Gasteiger partial charge in [0.1, 0.15) is 5.75 Å². The van der Waals surface area contributed by atoms with Crippen LogP contribution in [0.3, 0.4) is 0 Å². The van der Waals surface area contributed by atoms with Gasteiger partial charge in [-0.25, -0.2) is 0 Å². The van der Waals surface area contributed by atoms with E-state index < -0.39 is 0 Å². The number of rotatable bonds is 1. The molecule has 0 radical (unpaired) electrons. The Labute approximate surface area is 84.8 Å². The van der Waals surface area contributed by atoms with Crippen LogP contribution in [0.2, 0.25) is 0 Å². The molecule has 0 unspecified atom stereocenters. The molecule has 0 saturated heterocycles. The molecule has 0 bridgehead atoms. The minimum atomic E-state index is 0.392. The molecule has 0 spiro atoms. The van der Waals surface area contributed by atoms with Gasteiger partial charge in [-0.15, -0.1) is 0 Å². The molecule has 0 saturated carbocycles. The van der Waals surface area contributed by atoms with Crippen LogP contribution in [0.15, 0.2) is 12.1 Å². The van der Waals surface area contributed by atoms with Crippen LogP contribution < -0.4 is 5.32 Å². The van der Waals surface area contributed by atoms with Crippen LogP contribution >= 0.6 is 0 Å². The number of hydrogen-bond donors (Lipinski definition) is 2. The Balaban J connectivity index is 0.000000364. The van der Waals surface area contributed by atoms with Crippen molar-refractivity contribution in [2.45, 2.75) is 20.8 Å². The molecule has 78 valence electrons. The highest BCUT2D eigenvalue weighted by Crippen LogP contribution is 2.19. The number of aryl methyl sites for hydroxylation is 3. The van der Waals surface area contributed by atoms with Gasteiger partial charge in [-0.3, -0.25) is 4.79 Å². The van der Waals surface area contributed by atoms with Gasteiger partial charge in [0.05, 0.1) is 0 Å². The number of hydrogen-bond acceptors (Lipinski definition) is 2. The van der Waals surface area contributed by atoms with E-state index in [0.29, 0.717) is 12.2 Å². The number of phenols is 1. The predicted molar refractivity (Wildman–Crippen MR) is 57.4 cm³/mol. The molecule has 0 aliphatic heterocycles. The average Bonchev–Trinajstić information content (AvgIpc) is 2.15. The van der Waals surface area contributed by atoms with Crippen LogP contribution in [0.4, 0.5) is 0 Å². The highest BCUT2D eigenvalue weighted by Gasteiger charge is 1.97. The molecule has 0 fully saturated rings. The standard InChI is InChI=1S/C9H12O.C2H5NO/c1-6-4-8(3)9(10)5-7(6)2;1-3-2-4/h4-5,10H,1-3H3;2H,1H3,(H,3,4). The smallest absolute Gasteiger partial charge is 0.206 e. The largest absolute Gasteiger partial charge is 0.508 e. The van der Waals surface area contributed by atoms with Gasteiger partial charge in [-0.05, 0) is 43.5 Å². The Kier molecular flexibility index (Phi) is 5.37. The van der Waals surface area contributed by atoms with E-state index in [2.05, 4.69) is 5.32 Å². The zero-order valence-corrected chi connectivity index (χ0v) is 9.09. The summed E-state index contributed by atoms with van der Waals surface area (Å²) in [5.74, 6) is 0.392. The zero-order valence-electron chi connectivity index (χ0n) is 9.09. The maximum Gasteiger partial charge on any atom is 0.206 e. The van der Waals surface area contributed by atoms with E-state index >= 15 is 0 Å². The van der Waals surface area contributed by atoms with Gasteiger partial charge in [-0.2, -0.15) is 0 Å². The summed E-state index contributed by atoms with van der Waals surface area (Å²) in [4.78, 5) is 9.06. The average molecular weight is 195 g/mol. The lowest BCUT2D eigenvalue weighted by molar-refractivity contribution is -0.109. The van der Waals surface area contributed by atoms with Crippen LogP contribution in [0.1, 0.15) is 16.7 Å². The maximum atomic E-state index is 9.22. The van der Waals surface area contributed by atoms with Crippen molar-refractivity contribution in [2.75, 3.05) is 7.05 Å². The monoisotopic (exact) mass is 195 g/mol. The first-order chi connectivity index (χ1) is 6.52. The maximum absolute atomic E-state index is 9.22. The van der Waals surface area contributed by atoms with Gasteiger partial charge >= 0.3 is 0 Å². The molecule has 1 aromatic rings. The minimum absolute atomic E-state index is 0.392. The van der Waals surface area contributed by atoms with E-state index in [4.69, 9.17) is 4.79 Å². The van der Waals surface area contributed by atoms with E-state index in [9.17, 15) is 5.11 Å². The third-order valence-corrected chi connectivity index (χ3v) is 1.93. The highest BCUT2D eigenvalue weighted by atomic mass is 16.3. The molecule has 2 N–H and O–H groups in total. The third kappa shape index (κ3) is 3.94. The molecule has 0 aliphatic carbocycles. The number of carbonyl (C=O) groups is 1. The van der Waals surface area contributed by atoms with Crippen molar-refractivity contribution in [3.8, 4) is 5.75 Å². The molecule has 1 amide bonds. The van der Waals surface area contributed by atoms with Gasteiger partial charge < -0.3 is 10.4 Å². The quantitative estimate of drug-likeness (QED) is 0.670. The summed E-state index contributed by atoms with van der Waals surface area (Å²) in [5.41, 5.74) is 3.32. The minimum Gasteiger partial charge on any atom is -0.508 e. The second kappa shape index (κ2) is 6.02. The predicted octanol–water partition coefficient (Wildman–Crippen LogP) is 1.68. The van der Waals surface area contributed by atoms with Crippen molar-refractivity contribution >= 4 is 6.41 Å². The highest BCUT2D eigenvalue weighted by molar-refractivity contribution is 5.44. The summed E-state index contributed by atoms with van der Waals surface area (Å²) >= 11 is 0. The molecule has 0 aliphatic rings. The zero-order chi connectivity index (χ0) is 11.1. The lowest BCUT2D eigenvalue weighted by Crippen LogP contribution is -1.98. The number of nitrogens with one attached hydrogen (secondary N) is 1. The van der Waals surface area contributed by atoms with E-state index in [1.807, 2.05) is 26.8 Å². The van der Waals surface area contributed by atoms with E-state index in [1.54, 1.807) is 13.1 Å². The Morgan fingerprint density at radius 1 is 1.14 bits per heavy atom. The number of aromatic hydroxyl groups is 1. The van der Waals surface area contributed by atoms with Gasteiger partial charge in [0.25, 0.3) is 0 Å². The fraction of sp³-hybridized carbons (Fsp3) is 0.364. The van der Waals surface area contributed by atoms with Gasteiger partial charge in [0, 0.05) is 7.05 Å². The van der Waals surface area contributed by atoms with Crippen molar-refractivity contribution in [1.82, 2.24) is 5.32 Å².